The number of hydrogen-bond donors (Lipinski definition) is 0. The number of ether oxygens (including phenoxy) is 1. The Hall–Kier alpha value is -1.78. The Kier molecular flexibility index (Phi) is 6.16. The Bertz CT molecular complexity index is 664. The second-order valence-corrected chi connectivity index (χ2v) is 7.05. The summed E-state index contributed by atoms with van der Waals surface area (Å²) < 4.78 is 19.8. The summed E-state index contributed by atoms with van der Waals surface area (Å²) in [5, 5.41) is 0. The topological polar surface area (TPSA) is 25.4 Å². The number of aromatic nitrogens is 1. The maximum Gasteiger partial charge on any atom is 0.126 e. The summed E-state index contributed by atoms with van der Waals surface area (Å²) in [6.07, 6.45) is 6.56. The Morgan fingerprint density at radius 1 is 1.24 bits per heavy atom. The third kappa shape index (κ3) is 4.86. The lowest BCUT2D eigenvalue weighted by molar-refractivity contribution is 0.0488. The van der Waals surface area contributed by atoms with Gasteiger partial charge in [-0.2, -0.15) is 0 Å². The van der Waals surface area contributed by atoms with Gasteiger partial charge in [0.05, 0.1) is 6.61 Å². The van der Waals surface area contributed by atoms with Crippen LogP contribution in [0.3, 0.4) is 0 Å². The first-order chi connectivity index (χ1) is 12.2. The van der Waals surface area contributed by atoms with Crippen molar-refractivity contribution in [1.82, 2.24) is 9.88 Å². The summed E-state index contributed by atoms with van der Waals surface area (Å²) >= 11 is 0. The van der Waals surface area contributed by atoms with Crippen LogP contribution in [0.1, 0.15) is 30.9 Å². The SMILES string of the molecule is CCOC[C@]1(CCc2ccccc2F)CCN(Cc2cccnc2)C1. The van der Waals surface area contributed by atoms with Gasteiger partial charge in [0.25, 0.3) is 0 Å². The van der Waals surface area contributed by atoms with Crippen LogP contribution in [0.25, 0.3) is 0 Å². The standard InChI is InChI=1S/C21H27FN2O/c1-2-25-17-21(10-9-19-7-3-4-8-20(19)22)11-13-24(16-21)15-18-6-5-12-23-14-18/h3-8,12,14H,2,9-11,13,15-17H2,1H3/t21-/m1/s1. The van der Waals surface area contributed by atoms with E-state index in [2.05, 4.69) is 16.0 Å². The van der Waals surface area contributed by atoms with E-state index in [1.807, 2.05) is 31.3 Å². The zero-order valence-electron chi connectivity index (χ0n) is 15.0. The zero-order chi connectivity index (χ0) is 17.5. The number of nitrogens with zero attached hydrogens (tertiary/aromatic N) is 2. The zero-order valence-corrected chi connectivity index (χ0v) is 15.0. The molecule has 0 N–H and O–H groups in total. The van der Waals surface area contributed by atoms with Crippen LogP contribution in [-0.4, -0.2) is 36.2 Å². The molecule has 1 aromatic carbocycles. The smallest absolute Gasteiger partial charge is 0.126 e. The molecule has 25 heavy (non-hydrogen) atoms. The van der Waals surface area contributed by atoms with Gasteiger partial charge in [-0.3, -0.25) is 9.88 Å². The number of rotatable bonds is 8. The van der Waals surface area contributed by atoms with Crippen molar-refractivity contribution in [1.29, 1.82) is 0 Å². The third-order valence-corrected chi connectivity index (χ3v) is 5.14. The predicted molar refractivity (Wildman–Crippen MR) is 97.8 cm³/mol. The lowest BCUT2D eigenvalue weighted by Gasteiger charge is -2.29. The third-order valence-electron chi connectivity index (χ3n) is 5.14. The van der Waals surface area contributed by atoms with Gasteiger partial charge in [0.1, 0.15) is 5.82 Å². The van der Waals surface area contributed by atoms with Gasteiger partial charge in [0, 0.05) is 37.5 Å². The van der Waals surface area contributed by atoms with E-state index in [-0.39, 0.29) is 11.2 Å². The van der Waals surface area contributed by atoms with E-state index in [4.69, 9.17) is 4.74 Å². The molecule has 1 saturated heterocycles. The minimum absolute atomic E-state index is 0.0979. The van der Waals surface area contributed by atoms with Gasteiger partial charge in [0.2, 0.25) is 0 Å². The Morgan fingerprint density at radius 3 is 2.88 bits per heavy atom. The van der Waals surface area contributed by atoms with Crippen molar-refractivity contribution in [3.8, 4) is 0 Å². The van der Waals surface area contributed by atoms with Crippen molar-refractivity contribution < 1.29 is 9.13 Å². The highest BCUT2D eigenvalue weighted by atomic mass is 19.1. The van der Waals surface area contributed by atoms with Gasteiger partial charge in [0.15, 0.2) is 0 Å². The molecule has 0 spiro atoms. The van der Waals surface area contributed by atoms with E-state index in [0.717, 1.165) is 57.7 Å². The average molecular weight is 342 g/mol. The molecule has 0 aliphatic carbocycles. The van der Waals surface area contributed by atoms with Gasteiger partial charge < -0.3 is 4.74 Å². The fourth-order valence-electron chi connectivity index (χ4n) is 3.73. The summed E-state index contributed by atoms with van der Waals surface area (Å²) in [5.74, 6) is -0.0979. The number of aryl methyl sites for hydroxylation is 1. The van der Waals surface area contributed by atoms with Crippen LogP contribution in [0.2, 0.25) is 0 Å². The molecule has 134 valence electrons. The molecule has 1 aromatic heterocycles. The van der Waals surface area contributed by atoms with Crippen LogP contribution in [0.15, 0.2) is 48.8 Å². The largest absolute Gasteiger partial charge is 0.381 e. The van der Waals surface area contributed by atoms with Crippen LogP contribution in [0, 0.1) is 11.2 Å². The first-order valence-electron chi connectivity index (χ1n) is 9.13. The van der Waals surface area contributed by atoms with Crippen LogP contribution < -0.4 is 0 Å². The highest BCUT2D eigenvalue weighted by molar-refractivity contribution is 5.18. The number of likely N-dealkylation sites (tertiary alicyclic amines) is 1. The van der Waals surface area contributed by atoms with E-state index in [1.165, 1.54) is 5.56 Å². The minimum Gasteiger partial charge on any atom is -0.381 e. The quantitative estimate of drug-likeness (QED) is 0.723. The normalized spacial score (nSPS) is 20.9. The fraction of sp³-hybridized carbons (Fsp3) is 0.476. The first kappa shape index (κ1) is 18.0. The summed E-state index contributed by atoms with van der Waals surface area (Å²) in [6, 6.07) is 11.2. The summed E-state index contributed by atoms with van der Waals surface area (Å²) in [4.78, 5) is 6.67. The Labute approximate surface area is 149 Å². The molecule has 1 atom stereocenters. The molecule has 1 aliphatic rings. The maximum absolute atomic E-state index is 14.0. The summed E-state index contributed by atoms with van der Waals surface area (Å²) in [7, 11) is 0. The van der Waals surface area contributed by atoms with Crippen molar-refractivity contribution >= 4 is 0 Å². The van der Waals surface area contributed by atoms with Crippen molar-refractivity contribution in [2.75, 3.05) is 26.3 Å². The van der Waals surface area contributed by atoms with Crippen molar-refractivity contribution in [2.45, 2.75) is 32.7 Å². The van der Waals surface area contributed by atoms with E-state index < -0.39 is 0 Å². The average Bonchev–Trinajstić information content (AvgIpc) is 3.03. The van der Waals surface area contributed by atoms with Crippen LogP contribution >= 0.6 is 0 Å². The maximum atomic E-state index is 14.0. The number of pyridine rings is 1. The molecule has 0 unspecified atom stereocenters. The van der Waals surface area contributed by atoms with Crippen molar-refractivity contribution in [2.24, 2.45) is 5.41 Å². The van der Waals surface area contributed by atoms with Gasteiger partial charge in [-0.15, -0.1) is 0 Å². The molecule has 2 heterocycles. The fourth-order valence-corrected chi connectivity index (χ4v) is 3.73. The minimum atomic E-state index is -0.0979. The second-order valence-electron chi connectivity index (χ2n) is 7.05. The molecular formula is C21H27FN2O. The Morgan fingerprint density at radius 2 is 2.12 bits per heavy atom. The molecule has 3 rings (SSSR count). The lowest BCUT2D eigenvalue weighted by atomic mass is 9.82. The van der Waals surface area contributed by atoms with E-state index in [1.54, 1.807) is 18.3 Å². The molecule has 0 bridgehead atoms. The number of hydrogen-bond acceptors (Lipinski definition) is 3. The van der Waals surface area contributed by atoms with Crippen molar-refractivity contribution in [3.05, 3.63) is 65.7 Å². The summed E-state index contributed by atoms with van der Waals surface area (Å²) in [5.41, 5.74) is 2.16. The molecule has 0 saturated carbocycles. The van der Waals surface area contributed by atoms with E-state index in [0.29, 0.717) is 0 Å². The molecule has 1 fully saturated rings. The second kappa shape index (κ2) is 8.54. The lowest BCUT2D eigenvalue weighted by Crippen LogP contribution is -2.32. The highest BCUT2D eigenvalue weighted by Crippen LogP contribution is 2.36. The van der Waals surface area contributed by atoms with Gasteiger partial charge in [-0.1, -0.05) is 24.3 Å². The van der Waals surface area contributed by atoms with E-state index in [9.17, 15) is 4.39 Å². The molecule has 0 amide bonds. The monoisotopic (exact) mass is 342 g/mol. The van der Waals surface area contributed by atoms with Crippen LogP contribution in [-0.2, 0) is 17.7 Å². The van der Waals surface area contributed by atoms with Gasteiger partial charge >= 0.3 is 0 Å². The summed E-state index contributed by atoms with van der Waals surface area (Å²) in [6.45, 7) is 6.48. The van der Waals surface area contributed by atoms with Crippen LogP contribution in [0.4, 0.5) is 4.39 Å². The first-order valence-corrected chi connectivity index (χ1v) is 9.13. The van der Waals surface area contributed by atoms with Crippen molar-refractivity contribution in [3.63, 3.8) is 0 Å². The molecule has 2 aromatic rings. The molecule has 1 aliphatic heterocycles. The Balaban J connectivity index is 1.64. The van der Waals surface area contributed by atoms with E-state index >= 15 is 0 Å². The van der Waals surface area contributed by atoms with Crippen LogP contribution in [0.5, 0.6) is 0 Å². The number of halogens is 1. The van der Waals surface area contributed by atoms with Gasteiger partial charge in [-0.05, 0) is 56.0 Å². The van der Waals surface area contributed by atoms with Gasteiger partial charge in [-0.25, -0.2) is 4.39 Å². The molecule has 0 radical (unpaired) electrons. The number of benzene rings is 1. The molecule has 4 heteroatoms. The predicted octanol–water partition coefficient (Wildman–Crippen LogP) is 4.08. The molecule has 3 nitrogen and oxygen atoms in total. The highest BCUT2D eigenvalue weighted by Gasteiger charge is 2.38. The molecular weight excluding hydrogens is 315 g/mol.